The van der Waals surface area contributed by atoms with Crippen molar-refractivity contribution in [2.24, 2.45) is 5.41 Å². The minimum absolute atomic E-state index is 0.134. The second kappa shape index (κ2) is 12.7. The number of hydrogen-bond acceptors (Lipinski definition) is 9. The number of ketones is 1. The Morgan fingerprint density at radius 2 is 1.67 bits per heavy atom. The molecule has 2 saturated heterocycles. The number of alkyl carbamates (subject to hydrolysis) is 1. The first-order valence-corrected chi connectivity index (χ1v) is 14.7. The molecule has 0 aliphatic carbocycles. The Labute approximate surface area is 252 Å². The maximum Gasteiger partial charge on any atom is 0.408 e. The summed E-state index contributed by atoms with van der Waals surface area (Å²) in [6.07, 6.45) is 1.14. The Hall–Kier alpha value is -3.96. The quantitative estimate of drug-likeness (QED) is 0.439. The van der Waals surface area contributed by atoms with E-state index in [-0.39, 0.29) is 36.4 Å². The minimum Gasteiger partial charge on any atom is -0.472 e. The van der Waals surface area contributed by atoms with Crippen molar-refractivity contribution in [1.29, 1.82) is 0 Å². The Morgan fingerprint density at radius 3 is 2.26 bits per heavy atom. The molecule has 234 valence electrons. The van der Waals surface area contributed by atoms with Crippen molar-refractivity contribution < 1.29 is 28.2 Å². The van der Waals surface area contributed by atoms with E-state index in [1.54, 1.807) is 39.0 Å². The number of benzene rings is 1. The predicted molar refractivity (Wildman–Crippen MR) is 161 cm³/mol. The zero-order valence-electron chi connectivity index (χ0n) is 26.1. The van der Waals surface area contributed by atoms with Crippen LogP contribution >= 0.6 is 0 Å². The second-order valence-corrected chi connectivity index (χ2v) is 13.3. The topological polar surface area (TPSA) is 126 Å². The molecular weight excluding hydrogens is 555 g/mol. The van der Waals surface area contributed by atoms with Crippen LogP contribution in [0.15, 0.2) is 30.3 Å². The van der Waals surface area contributed by atoms with Crippen LogP contribution < -0.4 is 20.3 Å². The molecule has 0 unspecified atom stereocenters. The van der Waals surface area contributed by atoms with E-state index in [1.165, 1.54) is 24.0 Å². The molecule has 2 N–H and O–H groups in total. The third-order valence-electron chi connectivity index (χ3n) is 7.30. The lowest BCUT2D eigenvalue weighted by molar-refractivity contribution is -0.141. The first kappa shape index (κ1) is 32.0. The number of hydrogen-bond donors (Lipinski definition) is 2. The number of halogens is 1. The largest absolute Gasteiger partial charge is 0.472 e. The smallest absolute Gasteiger partial charge is 0.408 e. The van der Waals surface area contributed by atoms with E-state index in [1.807, 2.05) is 20.8 Å². The molecule has 12 heteroatoms. The molecule has 2 aromatic rings. The zero-order valence-corrected chi connectivity index (χ0v) is 26.1. The molecule has 2 fully saturated rings. The summed E-state index contributed by atoms with van der Waals surface area (Å²) < 4.78 is 25.2. The van der Waals surface area contributed by atoms with Gasteiger partial charge in [-0.1, -0.05) is 20.8 Å². The number of rotatable bonds is 8. The Bertz CT molecular complexity index is 1320. The highest BCUT2D eigenvalue weighted by Gasteiger charge is 2.45. The van der Waals surface area contributed by atoms with Crippen LogP contribution in [-0.4, -0.2) is 76.1 Å². The number of carbonyl (C=O) groups excluding carboxylic acids is 3. The standard InChI is InChI=1S/C31H43FN6O5/c1-19(39)23-16-22(18-38(23)27(40)26(30(2,3)4)36-29(41)43-31(5,6)7)42-25-17-24(37-14-8-9-15-37)34-28(35-25)33-21-12-10-20(32)11-13-21/h10-13,17,22-23,26H,8-9,14-16,18H2,1-7H3,(H,36,41)(H,33,34,35)/t22-,23+,26-/m1/s1. The number of Topliss-reactive ketones (excluding diaryl/α,β-unsaturated/α-hetero) is 1. The molecule has 43 heavy (non-hydrogen) atoms. The lowest BCUT2D eigenvalue weighted by Crippen LogP contribution is -2.57. The molecule has 2 aliphatic rings. The summed E-state index contributed by atoms with van der Waals surface area (Å²) in [6, 6.07) is 5.98. The molecule has 0 radical (unpaired) electrons. The number of anilines is 3. The van der Waals surface area contributed by atoms with Crippen LogP contribution in [0, 0.1) is 11.2 Å². The van der Waals surface area contributed by atoms with Crippen LogP contribution in [0.25, 0.3) is 0 Å². The van der Waals surface area contributed by atoms with Gasteiger partial charge >= 0.3 is 6.09 Å². The molecule has 4 rings (SSSR count). The molecule has 0 bridgehead atoms. The zero-order chi connectivity index (χ0) is 31.5. The summed E-state index contributed by atoms with van der Waals surface area (Å²) >= 11 is 0. The average Bonchev–Trinajstić information content (AvgIpc) is 3.57. The van der Waals surface area contributed by atoms with Crippen molar-refractivity contribution in [3.63, 3.8) is 0 Å². The summed E-state index contributed by atoms with van der Waals surface area (Å²) in [5.41, 5.74) is -0.780. The predicted octanol–water partition coefficient (Wildman–Crippen LogP) is 4.84. The molecule has 1 aromatic heterocycles. The summed E-state index contributed by atoms with van der Waals surface area (Å²) in [5, 5.41) is 5.84. The summed E-state index contributed by atoms with van der Waals surface area (Å²) in [5.74, 6) is 0.358. The van der Waals surface area contributed by atoms with Gasteiger partial charge in [-0.25, -0.2) is 9.18 Å². The lowest BCUT2D eigenvalue weighted by Gasteiger charge is -2.35. The van der Waals surface area contributed by atoms with Crippen LogP contribution in [0.5, 0.6) is 5.88 Å². The van der Waals surface area contributed by atoms with Gasteiger partial charge in [-0.05, 0) is 70.2 Å². The lowest BCUT2D eigenvalue weighted by atomic mass is 9.85. The fourth-order valence-corrected chi connectivity index (χ4v) is 5.22. The number of likely N-dealkylation sites (tertiary alicyclic amines) is 1. The highest BCUT2D eigenvalue weighted by Crippen LogP contribution is 2.30. The monoisotopic (exact) mass is 598 g/mol. The van der Waals surface area contributed by atoms with Gasteiger partial charge in [0.15, 0.2) is 5.78 Å². The van der Waals surface area contributed by atoms with Crippen LogP contribution in [0.4, 0.5) is 26.6 Å². The van der Waals surface area contributed by atoms with Gasteiger partial charge in [-0.2, -0.15) is 9.97 Å². The van der Waals surface area contributed by atoms with Crippen LogP contribution in [0.1, 0.15) is 67.7 Å². The van der Waals surface area contributed by atoms with Crippen molar-refractivity contribution in [2.75, 3.05) is 29.9 Å². The van der Waals surface area contributed by atoms with E-state index in [9.17, 15) is 18.8 Å². The van der Waals surface area contributed by atoms with E-state index >= 15 is 0 Å². The Kier molecular flexibility index (Phi) is 9.46. The van der Waals surface area contributed by atoms with Crippen molar-refractivity contribution in [1.82, 2.24) is 20.2 Å². The molecule has 3 atom stereocenters. The maximum absolute atomic E-state index is 13.9. The molecular formula is C31H43FN6O5. The number of carbonyl (C=O) groups is 3. The van der Waals surface area contributed by atoms with Crippen LogP contribution in [-0.2, 0) is 14.3 Å². The molecule has 2 amide bonds. The van der Waals surface area contributed by atoms with Gasteiger partial charge in [0.1, 0.15) is 29.4 Å². The first-order chi connectivity index (χ1) is 20.1. The average molecular weight is 599 g/mol. The Balaban J connectivity index is 1.56. The molecule has 0 saturated carbocycles. The van der Waals surface area contributed by atoms with E-state index in [2.05, 4.69) is 25.5 Å². The van der Waals surface area contributed by atoms with Gasteiger partial charge in [0.25, 0.3) is 0 Å². The summed E-state index contributed by atoms with van der Waals surface area (Å²) in [6.45, 7) is 14.1. The number of amides is 2. The molecule has 0 spiro atoms. The van der Waals surface area contributed by atoms with E-state index < -0.39 is 35.3 Å². The molecule has 1 aromatic carbocycles. The minimum atomic E-state index is -0.935. The first-order valence-electron chi connectivity index (χ1n) is 14.7. The van der Waals surface area contributed by atoms with Gasteiger partial charge in [-0.3, -0.25) is 9.59 Å². The molecule has 11 nitrogen and oxygen atoms in total. The highest BCUT2D eigenvalue weighted by molar-refractivity contribution is 5.92. The summed E-state index contributed by atoms with van der Waals surface area (Å²) in [4.78, 5) is 52.1. The maximum atomic E-state index is 13.9. The van der Waals surface area contributed by atoms with Gasteiger partial charge in [0, 0.05) is 31.3 Å². The van der Waals surface area contributed by atoms with Gasteiger partial charge in [0.05, 0.1) is 12.6 Å². The van der Waals surface area contributed by atoms with E-state index in [4.69, 9.17) is 9.47 Å². The van der Waals surface area contributed by atoms with E-state index in [0.29, 0.717) is 17.4 Å². The van der Waals surface area contributed by atoms with Gasteiger partial charge in [-0.15, -0.1) is 0 Å². The van der Waals surface area contributed by atoms with Crippen molar-refractivity contribution in [3.05, 3.63) is 36.1 Å². The normalized spacial score (nSPS) is 19.6. The number of aromatic nitrogens is 2. The third kappa shape index (κ3) is 8.55. The van der Waals surface area contributed by atoms with Crippen molar-refractivity contribution in [2.45, 2.75) is 91.5 Å². The van der Waals surface area contributed by atoms with Gasteiger partial charge in [0.2, 0.25) is 17.7 Å². The molecule has 3 heterocycles. The fourth-order valence-electron chi connectivity index (χ4n) is 5.22. The fraction of sp³-hybridized carbons (Fsp3) is 0.581. The number of ether oxygens (including phenoxy) is 2. The number of nitrogens with zero attached hydrogens (tertiary/aromatic N) is 4. The van der Waals surface area contributed by atoms with Crippen molar-refractivity contribution in [3.8, 4) is 5.88 Å². The van der Waals surface area contributed by atoms with E-state index in [0.717, 1.165) is 25.9 Å². The molecule has 2 aliphatic heterocycles. The van der Waals surface area contributed by atoms with Crippen molar-refractivity contribution >= 4 is 35.2 Å². The second-order valence-electron chi connectivity index (χ2n) is 13.3. The number of nitrogens with one attached hydrogen (secondary N) is 2. The van der Waals surface area contributed by atoms with Gasteiger partial charge < -0.3 is 29.9 Å². The third-order valence-corrected chi connectivity index (χ3v) is 7.30. The SMILES string of the molecule is CC(=O)[C@@H]1C[C@@H](Oc2cc(N3CCCC3)nc(Nc3ccc(F)cc3)n2)CN1C(=O)[C@@H](NC(=O)OC(C)(C)C)C(C)(C)C. The van der Waals surface area contributed by atoms with Crippen LogP contribution in [0.3, 0.4) is 0 Å². The Morgan fingerprint density at radius 1 is 1.02 bits per heavy atom. The summed E-state index contributed by atoms with van der Waals surface area (Å²) in [7, 11) is 0. The van der Waals surface area contributed by atoms with Crippen LogP contribution in [0.2, 0.25) is 0 Å². The highest BCUT2D eigenvalue weighted by atomic mass is 19.1.